The van der Waals surface area contributed by atoms with Gasteiger partial charge in [0.25, 0.3) is 5.91 Å². The largest absolute Gasteiger partial charge is 0.455 e. The van der Waals surface area contributed by atoms with Gasteiger partial charge in [-0.1, -0.05) is 54.1 Å². The van der Waals surface area contributed by atoms with Crippen molar-refractivity contribution < 1.29 is 19.1 Å². The Bertz CT molecular complexity index is 780. The molecule has 136 valence electrons. The van der Waals surface area contributed by atoms with Crippen molar-refractivity contribution in [1.29, 1.82) is 0 Å². The molecule has 1 atom stereocenters. The Hall–Kier alpha value is -2.86. The molecule has 0 radical (unpaired) electrons. The second-order valence-corrected chi connectivity index (χ2v) is 5.96. The highest BCUT2D eigenvalue weighted by Crippen LogP contribution is 2.20. The van der Waals surface area contributed by atoms with E-state index in [1.165, 1.54) is 6.92 Å². The number of anilines is 1. The van der Waals surface area contributed by atoms with Gasteiger partial charge in [-0.15, -0.1) is 0 Å². The maximum absolute atomic E-state index is 12.1. The van der Waals surface area contributed by atoms with Crippen LogP contribution in [0.3, 0.4) is 0 Å². The van der Waals surface area contributed by atoms with Gasteiger partial charge in [-0.3, -0.25) is 14.4 Å². The summed E-state index contributed by atoms with van der Waals surface area (Å²) in [5.41, 5.74) is 1.22. The Kier molecular flexibility index (Phi) is 7.17. The fourth-order valence-electron chi connectivity index (χ4n) is 2.30. The number of rotatable bonds is 7. The third-order valence-corrected chi connectivity index (χ3v) is 3.79. The van der Waals surface area contributed by atoms with E-state index in [0.29, 0.717) is 10.7 Å². The summed E-state index contributed by atoms with van der Waals surface area (Å²) < 4.78 is 5.00. The maximum atomic E-state index is 12.1. The quantitative estimate of drug-likeness (QED) is 0.729. The predicted molar refractivity (Wildman–Crippen MR) is 98.7 cm³/mol. The number of ether oxygens (including phenoxy) is 1. The van der Waals surface area contributed by atoms with E-state index >= 15 is 0 Å². The Labute approximate surface area is 156 Å². The SMILES string of the molecule is CC(=O)N[C@H](CC(=O)OCC(=O)Nc1ccccc1Cl)c1ccccc1. The van der Waals surface area contributed by atoms with E-state index in [9.17, 15) is 14.4 Å². The highest BCUT2D eigenvalue weighted by molar-refractivity contribution is 6.33. The number of esters is 1. The van der Waals surface area contributed by atoms with Crippen molar-refractivity contribution >= 4 is 35.1 Å². The molecular weight excluding hydrogens is 356 g/mol. The van der Waals surface area contributed by atoms with Gasteiger partial charge < -0.3 is 15.4 Å². The lowest BCUT2D eigenvalue weighted by Gasteiger charge is -2.17. The van der Waals surface area contributed by atoms with Crippen LogP contribution in [0.1, 0.15) is 24.9 Å². The van der Waals surface area contributed by atoms with E-state index in [1.807, 2.05) is 18.2 Å². The van der Waals surface area contributed by atoms with E-state index in [4.69, 9.17) is 16.3 Å². The summed E-state index contributed by atoms with van der Waals surface area (Å²) in [6.07, 6.45) is -0.0804. The van der Waals surface area contributed by atoms with Crippen molar-refractivity contribution in [2.75, 3.05) is 11.9 Å². The van der Waals surface area contributed by atoms with Crippen LogP contribution < -0.4 is 10.6 Å². The summed E-state index contributed by atoms with van der Waals surface area (Å²) in [4.78, 5) is 35.3. The third-order valence-electron chi connectivity index (χ3n) is 3.46. The molecule has 0 saturated carbocycles. The lowest BCUT2D eigenvalue weighted by Crippen LogP contribution is -2.29. The van der Waals surface area contributed by atoms with Gasteiger partial charge >= 0.3 is 5.97 Å². The molecule has 0 fully saturated rings. The molecule has 0 aliphatic heterocycles. The van der Waals surface area contributed by atoms with Crippen molar-refractivity contribution in [3.63, 3.8) is 0 Å². The monoisotopic (exact) mass is 374 g/mol. The number of carbonyl (C=O) groups excluding carboxylic acids is 3. The highest BCUT2D eigenvalue weighted by atomic mass is 35.5. The molecule has 0 aliphatic carbocycles. The van der Waals surface area contributed by atoms with E-state index in [1.54, 1.807) is 36.4 Å². The van der Waals surface area contributed by atoms with Gasteiger partial charge in [0.05, 0.1) is 23.2 Å². The smallest absolute Gasteiger partial charge is 0.308 e. The summed E-state index contributed by atoms with van der Waals surface area (Å²) in [6, 6.07) is 15.3. The highest BCUT2D eigenvalue weighted by Gasteiger charge is 2.18. The summed E-state index contributed by atoms with van der Waals surface area (Å²) >= 11 is 5.95. The molecule has 26 heavy (non-hydrogen) atoms. The number of amides is 2. The topological polar surface area (TPSA) is 84.5 Å². The summed E-state index contributed by atoms with van der Waals surface area (Å²) in [5.74, 6) is -1.35. The Morgan fingerprint density at radius 3 is 2.35 bits per heavy atom. The zero-order chi connectivity index (χ0) is 18.9. The zero-order valence-corrected chi connectivity index (χ0v) is 15.0. The van der Waals surface area contributed by atoms with Gasteiger partial charge in [0.1, 0.15) is 0 Å². The van der Waals surface area contributed by atoms with Crippen LogP contribution in [-0.2, 0) is 19.1 Å². The first-order chi connectivity index (χ1) is 12.5. The van der Waals surface area contributed by atoms with E-state index in [-0.39, 0.29) is 12.3 Å². The van der Waals surface area contributed by atoms with Crippen molar-refractivity contribution in [1.82, 2.24) is 5.32 Å². The standard InChI is InChI=1S/C19H19ClN2O4/c1-13(23)21-17(14-7-3-2-4-8-14)11-19(25)26-12-18(24)22-16-10-6-5-9-15(16)20/h2-10,17H,11-12H2,1H3,(H,21,23)(H,22,24)/t17-/m1/s1. The van der Waals surface area contributed by atoms with Crippen molar-refractivity contribution in [3.05, 3.63) is 65.2 Å². The van der Waals surface area contributed by atoms with Crippen LogP contribution in [0.5, 0.6) is 0 Å². The summed E-state index contributed by atoms with van der Waals surface area (Å²) in [7, 11) is 0. The summed E-state index contributed by atoms with van der Waals surface area (Å²) in [5, 5.41) is 5.66. The fourth-order valence-corrected chi connectivity index (χ4v) is 2.49. The van der Waals surface area contributed by atoms with Crippen LogP contribution in [0.25, 0.3) is 0 Å². The fraction of sp³-hybridized carbons (Fsp3) is 0.211. The van der Waals surface area contributed by atoms with E-state index in [2.05, 4.69) is 10.6 Å². The van der Waals surface area contributed by atoms with Gasteiger partial charge in [0.15, 0.2) is 6.61 Å². The molecule has 2 N–H and O–H groups in total. The summed E-state index contributed by atoms with van der Waals surface area (Å²) in [6.45, 7) is 0.934. The van der Waals surface area contributed by atoms with Crippen LogP contribution in [0.2, 0.25) is 5.02 Å². The van der Waals surface area contributed by atoms with E-state index in [0.717, 1.165) is 5.56 Å². The number of halogens is 1. The average molecular weight is 375 g/mol. The average Bonchev–Trinajstić information content (AvgIpc) is 2.62. The molecule has 2 aromatic carbocycles. The number of nitrogens with one attached hydrogen (secondary N) is 2. The van der Waals surface area contributed by atoms with Crippen LogP contribution in [0.4, 0.5) is 5.69 Å². The minimum atomic E-state index is -0.595. The van der Waals surface area contributed by atoms with Crippen LogP contribution in [0, 0.1) is 0 Å². The molecule has 0 bridgehead atoms. The molecule has 0 spiro atoms. The van der Waals surface area contributed by atoms with Gasteiger partial charge in [0, 0.05) is 6.92 Å². The van der Waals surface area contributed by atoms with Crippen molar-refractivity contribution in [2.45, 2.75) is 19.4 Å². The Balaban J connectivity index is 1.88. The van der Waals surface area contributed by atoms with Gasteiger partial charge in [-0.05, 0) is 17.7 Å². The lowest BCUT2D eigenvalue weighted by molar-refractivity contribution is -0.148. The molecule has 0 saturated heterocycles. The number of carbonyl (C=O) groups is 3. The first-order valence-electron chi connectivity index (χ1n) is 7.97. The van der Waals surface area contributed by atoms with Crippen LogP contribution >= 0.6 is 11.6 Å². The van der Waals surface area contributed by atoms with Gasteiger partial charge in [0.2, 0.25) is 5.91 Å². The van der Waals surface area contributed by atoms with Gasteiger partial charge in [-0.25, -0.2) is 0 Å². The van der Waals surface area contributed by atoms with Gasteiger partial charge in [-0.2, -0.15) is 0 Å². The number of benzene rings is 2. The minimum absolute atomic E-state index is 0.0804. The normalized spacial score (nSPS) is 11.3. The molecule has 7 heteroatoms. The number of para-hydroxylation sites is 1. The van der Waals surface area contributed by atoms with Crippen LogP contribution in [0.15, 0.2) is 54.6 Å². The molecule has 0 aliphatic rings. The maximum Gasteiger partial charge on any atom is 0.308 e. The molecule has 2 rings (SSSR count). The van der Waals surface area contributed by atoms with E-state index < -0.39 is 24.5 Å². The molecule has 6 nitrogen and oxygen atoms in total. The predicted octanol–water partition coefficient (Wildman–Crippen LogP) is 3.09. The van der Waals surface area contributed by atoms with Crippen molar-refractivity contribution in [2.24, 2.45) is 0 Å². The second kappa shape index (κ2) is 9.58. The Morgan fingerprint density at radius 1 is 1.04 bits per heavy atom. The molecule has 2 amide bonds. The minimum Gasteiger partial charge on any atom is -0.455 e. The lowest BCUT2D eigenvalue weighted by atomic mass is 10.0. The Morgan fingerprint density at radius 2 is 1.69 bits per heavy atom. The molecule has 0 heterocycles. The van der Waals surface area contributed by atoms with Crippen molar-refractivity contribution in [3.8, 4) is 0 Å². The first-order valence-corrected chi connectivity index (χ1v) is 8.35. The number of hydrogen-bond acceptors (Lipinski definition) is 4. The number of hydrogen-bond donors (Lipinski definition) is 2. The molecule has 0 unspecified atom stereocenters. The first kappa shape index (κ1) is 19.5. The zero-order valence-electron chi connectivity index (χ0n) is 14.2. The van der Waals surface area contributed by atoms with Crippen LogP contribution in [-0.4, -0.2) is 24.4 Å². The second-order valence-electron chi connectivity index (χ2n) is 5.56. The molecule has 0 aromatic heterocycles. The molecule has 2 aromatic rings. The molecular formula is C19H19ClN2O4. The third kappa shape index (κ3) is 6.22.